The van der Waals surface area contributed by atoms with E-state index in [0.29, 0.717) is 5.75 Å². The first-order valence-corrected chi connectivity index (χ1v) is 7.79. The Bertz CT molecular complexity index is 313. The molecule has 0 aliphatic carbocycles. The van der Waals surface area contributed by atoms with Gasteiger partial charge >= 0.3 is 12.1 Å². The lowest BCUT2D eigenvalue weighted by molar-refractivity contribution is -0.284. The predicted octanol–water partition coefficient (Wildman–Crippen LogP) is 4.73. The van der Waals surface area contributed by atoms with Gasteiger partial charge in [0.15, 0.2) is 0 Å². The second kappa shape index (κ2) is 7.58. The van der Waals surface area contributed by atoms with Crippen molar-refractivity contribution in [3.05, 3.63) is 0 Å². The Labute approximate surface area is 118 Å². The van der Waals surface area contributed by atoms with Gasteiger partial charge in [0, 0.05) is 17.9 Å². The third kappa shape index (κ3) is 6.70. The third-order valence-corrected chi connectivity index (χ3v) is 4.92. The summed E-state index contributed by atoms with van der Waals surface area (Å²) >= 11 is 2.76. The standard InChI is InChI=1S/C11H16F5NS2/c1-3-18-6-7-19-9(2,8-17)4-5-10(12,13)11(14,15)16/h3-7H2,1-2H3. The molecular weight excluding hydrogens is 305 g/mol. The maximum Gasteiger partial charge on any atom is 0.453 e. The summed E-state index contributed by atoms with van der Waals surface area (Å²) in [5.74, 6) is -2.53. The number of nitrogens with zero attached hydrogens (tertiary/aromatic N) is 1. The van der Waals surface area contributed by atoms with Crippen molar-refractivity contribution in [1.82, 2.24) is 0 Å². The number of rotatable bonds is 8. The highest BCUT2D eigenvalue weighted by atomic mass is 32.2. The molecule has 112 valence electrons. The van der Waals surface area contributed by atoms with E-state index in [1.54, 1.807) is 11.8 Å². The van der Waals surface area contributed by atoms with Gasteiger partial charge in [0.1, 0.15) is 0 Å². The largest absolute Gasteiger partial charge is 0.453 e. The van der Waals surface area contributed by atoms with Crippen LogP contribution in [0.5, 0.6) is 0 Å². The van der Waals surface area contributed by atoms with Crippen molar-refractivity contribution < 1.29 is 22.0 Å². The van der Waals surface area contributed by atoms with E-state index in [0.717, 1.165) is 23.3 Å². The molecule has 0 heterocycles. The highest BCUT2D eigenvalue weighted by molar-refractivity contribution is 8.03. The van der Waals surface area contributed by atoms with E-state index < -0.39 is 29.7 Å². The van der Waals surface area contributed by atoms with Gasteiger partial charge in [0.2, 0.25) is 0 Å². The first-order valence-electron chi connectivity index (χ1n) is 5.65. The minimum atomic E-state index is -5.55. The molecule has 1 nitrogen and oxygen atoms in total. The van der Waals surface area contributed by atoms with Gasteiger partial charge < -0.3 is 0 Å². The number of hydrogen-bond donors (Lipinski definition) is 0. The zero-order valence-electron chi connectivity index (χ0n) is 10.7. The zero-order chi connectivity index (χ0) is 15.2. The first kappa shape index (κ1) is 18.8. The summed E-state index contributed by atoms with van der Waals surface area (Å²) < 4.78 is 60.4. The van der Waals surface area contributed by atoms with Gasteiger partial charge in [0.25, 0.3) is 0 Å². The molecule has 0 saturated heterocycles. The van der Waals surface area contributed by atoms with Crippen molar-refractivity contribution in [2.24, 2.45) is 0 Å². The summed E-state index contributed by atoms with van der Waals surface area (Å²) in [6, 6.07) is 1.83. The van der Waals surface area contributed by atoms with Crippen molar-refractivity contribution in [1.29, 1.82) is 5.26 Å². The molecular formula is C11H16F5NS2. The third-order valence-electron chi connectivity index (χ3n) is 2.42. The average molecular weight is 321 g/mol. The van der Waals surface area contributed by atoms with E-state index in [4.69, 9.17) is 5.26 Å². The fraction of sp³-hybridized carbons (Fsp3) is 0.909. The van der Waals surface area contributed by atoms with Gasteiger partial charge in [0.05, 0.1) is 10.8 Å². The Kier molecular flexibility index (Phi) is 7.51. The second-order valence-electron chi connectivity index (χ2n) is 4.09. The van der Waals surface area contributed by atoms with Crippen LogP contribution in [-0.2, 0) is 0 Å². The Hall–Kier alpha value is -0.160. The van der Waals surface area contributed by atoms with E-state index >= 15 is 0 Å². The van der Waals surface area contributed by atoms with Crippen LogP contribution in [0, 0.1) is 11.3 Å². The monoisotopic (exact) mass is 321 g/mol. The van der Waals surface area contributed by atoms with Gasteiger partial charge in [-0.15, -0.1) is 11.8 Å². The van der Waals surface area contributed by atoms with Crippen LogP contribution in [-0.4, -0.2) is 34.1 Å². The molecule has 0 N–H and O–H groups in total. The molecule has 0 amide bonds. The average Bonchev–Trinajstić information content (AvgIpc) is 2.31. The molecule has 0 aromatic carbocycles. The van der Waals surface area contributed by atoms with Crippen molar-refractivity contribution >= 4 is 23.5 Å². The summed E-state index contributed by atoms with van der Waals surface area (Å²) in [7, 11) is 0. The maximum atomic E-state index is 12.8. The van der Waals surface area contributed by atoms with Crippen LogP contribution in [0.3, 0.4) is 0 Å². The molecule has 1 unspecified atom stereocenters. The van der Waals surface area contributed by atoms with Crippen LogP contribution in [0.4, 0.5) is 22.0 Å². The second-order valence-corrected chi connectivity index (χ2v) is 7.08. The summed E-state index contributed by atoms with van der Waals surface area (Å²) in [5.41, 5.74) is 0. The van der Waals surface area contributed by atoms with E-state index in [1.807, 2.05) is 13.0 Å². The van der Waals surface area contributed by atoms with E-state index in [9.17, 15) is 22.0 Å². The summed E-state index contributed by atoms with van der Waals surface area (Å²) in [5, 5.41) is 8.94. The minimum Gasteiger partial charge on any atom is -0.197 e. The maximum absolute atomic E-state index is 12.8. The number of thioether (sulfide) groups is 2. The van der Waals surface area contributed by atoms with Crippen molar-refractivity contribution in [2.75, 3.05) is 17.3 Å². The number of halogens is 5. The Balaban J connectivity index is 4.36. The smallest absolute Gasteiger partial charge is 0.197 e. The van der Waals surface area contributed by atoms with Crippen LogP contribution >= 0.6 is 23.5 Å². The fourth-order valence-electron chi connectivity index (χ4n) is 1.17. The molecule has 1 atom stereocenters. The van der Waals surface area contributed by atoms with Gasteiger partial charge in [-0.25, -0.2) is 0 Å². The van der Waals surface area contributed by atoms with Crippen molar-refractivity contribution in [3.8, 4) is 6.07 Å². The Morgan fingerprint density at radius 3 is 2.05 bits per heavy atom. The molecule has 0 bridgehead atoms. The Morgan fingerprint density at radius 2 is 1.63 bits per heavy atom. The minimum absolute atomic E-state index is 0.489. The summed E-state index contributed by atoms with van der Waals surface area (Å²) in [4.78, 5) is 0. The van der Waals surface area contributed by atoms with Gasteiger partial charge in [-0.1, -0.05) is 6.92 Å². The quantitative estimate of drug-likeness (QED) is 0.477. The van der Waals surface area contributed by atoms with E-state index in [-0.39, 0.29) is 0 Å². The molecule has 19 heavy (non-hydrogen) atoms. The van der Waals surface area contributed by atoms with Crippen LogP contribution in [0.2, 0.25) is 0 Å². The predicted molar refractivity (Wildman–Crippen MR) is 69.7 cm³/mol. The van der Waals surface area contributed by atoms with Gasteiger partial charge in [-0.2, -0.15) is 39.0 Å². The summed E-state index contributed by atoms with van der Waals surface area (Å²) in [6.07, 6.45) is -7.39. The lowest BCUT2D eigenvalue weighted by Gasteiger charge is -2.25. The first-order chi connectivity index (χ1) is 8.58. The van der Waals surface area contributed by atoms with E-state index in [1.165, 1.54) is 6.92 Å². The molecule has 0 saturated carbocycles. The van der Waals surface area contributed by atoms with Gasteiger partial charge in [-0.3, -0.25) is 0 Å². The molecule has 0 radical (unpaired) electrons. The topological polar surface area (TPSA) is 23.8 Å². The van der Waals surface area contributed by atoms with Gasteiger partial charge in [-0.05, 0) is 19.1 Å². The molecule has 0 aliphatic heterocycles. The highest BCUT2D eigenvalue weighted by Crippen LogP contribution is 2.42. The number of nitriles is 1. The highest BCUT2D eigenvalue weighted by Gasteiger charge is 2.57. The molecule has 0 rings (SSSR count). The molecule has 0 spiro atoms. The number of alkyl halides is 5. The molecule has 0 aromatic rings. The van der Waals surface area contributed by atoms with E-state index in [2.05, 4.69) is 0 Å². The SMILES string of the molecule is CCSCCSC(C)(C#N)CCC(F)(F)C(F)(F)F. The molecule has 0 aromatic heterocycles. The molecule has 0 aliphatic rings. The Morgan fingerprint density at radius 1 is 1.05 bits per heavy atom. The van der Waals surface area contributed by atoms with Crippen molar-refractivity contribution in [3.63, 3.8) is 0 Å². The van der Waals surface area contributed by atoms with Crippen LogP contribution in [0.25, 0.3) is 0 Å². The van der Waals surface area contributed by atoms with Crippen LogP contribution in [0.1, 0.15) is 26.7 Å². The number of hydrogen-bond acceptors (Lipinski definition) is 3. The molecule has 8 heteroatoms. The zero-order valence-corrected chi connectivity index (χ0v) is 12.3. The lowest BCUT2D eigenvalue weighted by Crippen LogP contribution is -2.38. The molecule has 0 fully saturated rings. The summed E-state index contributed by atoms with van der Waals surface area (Å²) in [6.45, 7) is 3.36. The normalized spacial score (nSPS) is 15.9. The fourth-order valence-corrected chi connectivity index (χ4v) is 3.02. The van der Waals surface area contributed by atoms with Crippen LogP contribution < -0.4 is 0 Å². The van der Waals surface area contributed by atoms with Crippen LogP contribution in [0.15, 0.2) is 0 Å². The lowest BCUT2D eigenvalue weighted by atomic mass is 10.0. The van der Waals surface area contributed by atoms with Crippen molar-refractivity contribution in [2.45, 2.75) is 43.5 Å².